The van der Waals surface area contributed by atoms with E-state index in [1.807, 2.05) is 31.3 Å². The van der Waals surface area contributed by atoms with Crippen LogP contribution in [0, 0.1) is 0 Å². The lowest BCUT2D eigenvalue weighted by atomic mass is 10.1. The quantitative estimate of drug-likeness (QED) is 0.942. The van der Waals surface area contributed by atoms with E-state index in [1.165, 1.54) is 17.7 Å². The summed E-state index contributed by atoms with van der Waals surface area (Å²) >= 11 is 6.25. The van der Waals surface area contributed by atoms with Gasteiger partial charge in [-0.1, -0.05) is 29.8 Å². The molecule has 1 aromatic carbocycles. The van der Waals surface area contributed by atoms with Crippen molar-refractivity contribution in [1.82, 2.24) is 4.98 Å². The van der Waals surface area contributed by atoms with Crippen LogP contribution in [0.2, 0.25) is 5.02 Å². The minimum absolute atomic E-state index is 0.516. The molecule has 3 nitrogen and oxygen atoms in total. The molecule has 0 spiro atoms. The molecule has 0 radical (unpaired) electrons. The van der Waals surface area contributed by atoms with Gasteiger partial charge in [-0.3, -0.25) is 0 Å². The van der Waals surface area contributed by atoms with Crippen LogP contribution in [0.3, 0.4) is 0 Å². The molecule has 0 amide bonds. The second-order valence-electron chi connectivity index (χ2n) is 5.58. The summed E-state index contributed by atoms with van der Waals surface area (Å²) in [6.07, 6.45) is 3.40. The van der Waals surface area contributed by atoms with Gasteiger partial charge in [-0.25, -0.2) is 4.98 Å². The van der Waals surface area contributed by atoms with E-state index in [2.05, 4.69) is 11.0 Å². The highest BCUT2D eigenvalue weighted by atomic mass is 35.5. The van der Waals surface area contributed by atoms with Crippen molar-refractivity contribution >= 4 is 17.4 Å². The van der Waals surface area contributed by atoms with Gasteiger partial charge in [0.1, 0.15) is 5.82 Å². The molecule has 2 aromatic rings. The van der Waals surface area contributed by atoms with Crippen molar-refractivity contribution in [2.75, 3.05) is 11.9 Å². The zero-order chi connectivity index (χ0) is 14.8. The van der Waals surface area contributed by atoms with Gasteiger partial charge in [0.2, 0.25) is 0 Å². The van der Waals surface area contributed by atoms with Crippen molar-refractivity contribution in [2.24, 2.45) is 5.73 Å². The fourth-order valence-electron chi connectivity index (χ4n) is 2.95. The minimum Gasteiger partial charge on any atom is -0.355 e. The molecule has 110 valence electrons. The first kappa shape index (κ1) is 14.4. The lowest BCUT2D eigenvalue weighted by molar-refractivity contribution is 0.859. The van der Waals surface area contributed by atoms with Gasteiger partial charge in [0.15, 0.2) is 0 Å². The highest BCUT2D eigenvalue weighted by Gasteiger charge is 2.18. The standard InChI is InChI=1S/C17H20ClN3/c1-21(11-13-5-2-3-7-15(13)18)17-14(10-19)9-12-6-4-8-16(12)20-17/h2-3,5,7,9H,4,6,8,10-11,19H2,1H3. The molecule has 0 bridgehead atoms. The van der Waals surface area contributed by atoms with Crippen molar-refractivity contribution in [1.29, 1.82) is 0 Å². The summed E-state index contributed by atoms with van der Waals surface area (Å²) in [5, 5.41) is 0.791. The van der Waals surface area contributed by atoms with Crippen LogP contribution < -0.4 is 10.6 Å². The second-order valence-corrected chi connectivity index (χ2v) is 5.99. The van der Waals surface area contributed by atoms with E-state index < -0.39 is 0 Å². The largest absolute Gasteiger partial charge is 0.355 e. The van der Waals surface area contributed by atoms with E-state index in [1.54, 1.807) is 0 Å². The normalized spacial score (nSPS) is 13.3. The van der Waals surface area contributed by atoms with Gasteiger partial charge < -0.3 is 10.6 Å². The van der Waals surface area contributed by atoms with Gasteiger partial charge in [0.25, 0.3) is 0 Å². The monoisotopic (exact) mass is 301 g/mol. The van der Waals surface area contributed by atoms with E-state index in [4.69, 9.17) is 22.3 Å². The minimum atomic E-state index is 0.516. The van der Waals surface area contributed by atoms with Gasteiger partial charge in [-0.2, -0.15) is 0 Å². The predicted molar refractivity (Wildman–Crippen MR) is 87.7 cm³/mol. The molecule has 0 fully saturated rings. The maximum atomic E-state index is 6.25. The van der Waals surface area contributed by atoms with Crippen LogP contribution in [-0.4, -0.2) is 12.0 Å². The Morgan fingerprint density at radius 3 is 2.81 bits per heavy atom. The lowest BCUT2D eigenvalue weighted by Gasteiger charge is -2.22. The van der Waals surface area contributed by atoms with Crippen molar-refractivity contribution in [3.05, 3.63) is 57.7 Å². The molecule has 21 heavy (non-hydrogen) atoms. The Morgan fingerprint density at radius 2 is 2.05 bits per heavy atom. The molecule has 0 atom stereocenters. The summed E-state index contributed by atoms with van der Waals surface area (Å²) in [6.45, 7) is 1.25. The van der Waals surface area contributed by atoms with Gasteiger partial charge in [-0.05, 0) is 42.5 Å². The molecule has 1 aromatic heterocycles. The number of nitrogens with zero attached hydrogens (tertiary/aromatic N) is 2. The van der Waals surface area contributed by atoms with E-state index >= 15 is 0 Å². The SMILES string of the molecule is CN(Cc1ccccc1Cl)c1nc2c(cc1CN)CCC2. The highest BCUT2D eigenvalue weighted by Crippen LogP contribution is 2.28. The lowest BCUT2D eigenvalue weighted by Crippen LogP contribution is -2.21. The number of rotatable bonds is 4. The molecular formula is C17H20ClN3. The summed E-state index contributed by atoms with van der Waals surface area (Å²) < 4.78 is 0. The van der Waals surface area contributed by atoms with Gasteiger partial charge in [-0.15, -0.1) is 0 Å². The average molecular weight is 302 g/mol. The maximum Gasteiger partial charge on any atom is 0.133 e. The predicted octanol–water partition coefficient (Wildman–Crippen LogP) is 3.32. The van der Waals surface area contributed by atoms with Crippen LogP contribution in [-0.2, 0) is 25.9 Å². The Hall–Kier alpha value is -1.58. The summed E-state index contributed by atoms with van der Waals surface area (Å²) in [6, 6.07) is 10.2. The number of benzene rings is 1. The number of anilines is 1. The van der Waals surface area contributed by atoms with Crippen molar-refractivity contribution in [3.63, 3.8) is 0 Å². The Morgan fingerprint density at radius 1 is 1.24 bits per heavy atom. The van der Waals surface area contributed by atoms with Crippen LogP contribution in [0.25, 0.3) is 0 Å². The average Bonchev–Trinajstić information content (AvgIpc) is 2.95. The summed E-state index contributed by atoms with van der Waals surface area (Å²) in [4.78, 5) is 6.99. The van der Waals surface area contributed by atoms with Crippen LogP contribution in [0.4, 0.5) is 5.82 Å². The maximum absolute atomic E-state index is 6.25. The molecule has 0 saturated heterocycles. The number of aryl methyl sites for hydroxylation is 2. The van der Waals surface area contributed by atoms with Crippen LogP contribution >= 0.6 is 11.6 Å². The first-order valence-corrected chi connectivity index (χ1v) is 7.73. The fourth-order valence-corrected chi connectivity index (χ4v) is 3.14. The fraction of sp³-hybridized carbons (Fsp3) is 0.353. The van der Waals surface area contributed by atoms with Crippen molar-refractivity contribution < 1.29 is 0 Å². The summed E-state index contributed by atoms with van der Waals surface area (Å²) in [5.41, 5.74) is 10.7. The molecule has 0 aliphatic heterocycles. The van der Waals surface area contributed by atoms with Crippen LogP contribution in [0.15, 0.2) is 30.3 Å². The van der Waals surface area contributed by atoms with E-state index in [-0.39, 0.29) is 0 Å². The first-order chi connectivity index (χ1) is 10.2. The molecule has 3 rings (SSSR count). The zero-order valence-electron chi connectivity index (χ0n) is 12.3. The highest BCUT2D eigenvalue weighted by molar-refractivity contribution is 6.31. The molecule has 1 aliphatic rings. The molecule has 4 heteroatoms. The van der Waals surface area contributed by atoms with Gasteiger partial charge in [0.05, 0.1) is 0 Å². The van der Waals surface area contributed by atoms with Crippen LogP contribution in [0.1, 0.15) is 28.8 Å². The summed E-state index contributed by atoms with van der Waals surface area (Å²) in [5.74, 6) is 0.984. The first-order valence-electron chi connectivity index (χ1n) is 7.35. The molecule has 1 heterocycles. The Bertz CT molecular complexity index is 654. The van der Waals surface area contributed by atoms with Gasteiger partial charge in [0, 0.05) is 36.4 Å². The Kier molecular flexibility index (Phi) is 4.13. The van der Waals surface area contributed by atoms with E-state index in [9.17, 15) is 0 Å². The molecule has 0 saturated carbocycles. The third-order valence-corrected chi connectivity index (χ3v) is 4.42. The Labute approximate surface area is 130 Å². The molecule has 0 unspecified atom stereocenters. The summed E-state index contributed by atoms with van der Waals surface area (Å²) in [7, 11) is 2.05. The molecule has 1 aliphatic carbocycles. The Balaban J connectivity index is 1.91. The molecule has 2 N–H and O–H groups in total. The van der Waals surface area contributed by atoms with E-state index in [0.717, 1.165) is 41.4 Å². The topological polar surface area (TPSA) is 42.2 Å². The third kappa shape index (κ3) is 2.89. The number of pyridine rings is 1. The smallest absolute Gasteiger partial charge is 0.133 e. The number of halogens is 1. The molecular weight excluding hydrogens is 282 g/mol. The number of nitrogens with two attached hydrogens (primary N) is 1. The second kappa shape index (κ2) is 6.04. The van der Waals surface area contributed by atoms with Gasteiger partial charge >= 0.3 is 0 Å². The zero-order valence-corrected chi connectivity index (χ0v) is 13.0. The number of aromatic nitrogens is 1. The van der Waals surface area contributed by atoms with E-state index in [0.29, 0.717) is 6.54 Å². The number of hydrogen-bond donors (Lipinski definition) is 1. The number of fused-ring (bicyclic) bond motifs is 1. The van der Waals surface area contributed by atoms with Crippen LogP contribution in [0.5, 0.6) is 0 Å². The van der Waals surface area contributed by atoms with Crippen molar-refractivity contribution in [3.8, 4) is 0 Å². The third-order valence-electron chi connectivity index (χ3n) is 4.05. The number of hydrogen-bond acceptors (Lipinski definition) is 3. The van der Waals surface area contributed by atoms with Crippen molar-refractivity contribution in [2.45, 2.75) is 32.4 Å².